The van der Waals surface area contributed by atoms with E-state index in [2.05, 4.69) is 10.1 Å². The number of amides is 1. The van der Waals surface area contributed by atoms with E-state index in [4.69, 9.17) is 10.3 Å². The summed E-state index contributed by atoms with van der Waals surface area (Å²) in [5.41, 5.74) is 8.41. The number of primary amides is 1. The molecule has 4 rings (SSSR count). The highest BCUT2D eigenvalue weighted by molar-refractivity contribution is 7.13. The quantitative estimate of drug-likeness (QED) is 0.568. The van der Waals surface area contributed by atoms with Crippen LogP contribution >= 0.6 is 11.3 Å². The summed E-state index contributed by atoms with van der Waals surface area (Å²) in [4.78, 5) is 16.4. The Bertz CT molecular complexity index is 1110. The van der Waals surface area contributed by atoms with E-state index < -0.39 is 5.91 Å². The van der Waals surface area contributed by atoms with Gasteiger partial charge in [-0.2, -0.15) is 0 Å². The van der Waals surface area contributed by atoms with E-state index in [9.17, 15) is 9.18 Å². The fourth-order valence-corrected chi connectivity index (χ4v) is 3.71. The molecule has 0 atom stereocenters. The van der Waals surface area contributed by atoms with Crippen molar-refractivity contribution >= 4 is 17.2 Å². The maximum Gasteiger partial charge on any atom is 0.250 e. The van der Waals surface area contributed by atoms with Crippen LogP contribution in [-0.2, 0) is 6.54 Å². The molecule has 0 aliphatic heterocycles. The number of hydrogen-bond acceptors (Lipinski definition) is 5. The summed E-state index contributed by atoms with van der Waals surface area (Å²) in [5.74, 6) is -0.283. The van der Waals surface area contributed by atoms with E-state index >= 15 is 0 Å². The van der Waals surface area contributed by atoms with Crippen molar-refractivity contribution in [3.05, 3.63) is 70.6 Å². The van der Waals surface area contributed by atoms with Crippen LogP contribution in [0.25, 0.3) is 22.2 Å². The van der Waals surface area contributed by atoms with Gasteiger partial charge in [0.25, 0.3) is 5.91 Å². The average Bonchev–Trinajstić information content (AvgIpc) is 3.37. The van der Waals surface area contributed by atoms with Crippen LogP contribution < -0.4 is 5.73 Å². The second-order valence-corrected chi connectivity index (χ2v) is 6.84. The molecule has 0 spiro atoms. The summed E-state index contributed by atoms with van der Waals surface area (Å²) < 4.78 is 21.1. The van der Waals surface area contributed by atoms with Crippen LogP contribution in [0.15, 0.2) is 52.5 Å². The van der Waals surface area contributed by atoms with Crippen LogP contribution in [0.3, 0.4) is 0 Å². The first kappa shape index (κ1) is 17.2. The van der Waals surface area contributed by atoms with Crippen LogP contribution in [-0.4, -0.2) is 20.6 Å². The second kappa shape index (κ2) is 6.81. The number of carbonyl (C=O) groups excluding carboxylic acids is 1. The van der Waals surface area contributed by atoms with Gasteiger partial charge >= 0.3 is 0 Å². The van der Waals surface area contributed by atoms with E-state index in [1.54, 1.807) is 43.5 Å². The number of nitrogens with zero attached hydrogens (tertiary/aromatic N) is 3. The van der Waals surface area contributed by atoms with Gasteiger partial charge in [-0.25, -0.2) is 9.37 Å². The number of rotatable bonds is 5. The summed E-state index contributed by atoms with van der Waals surface area (Å²) in [6, 6.07) is 9.95. The highest BCUT2D eigenvalue weighted by Gasteiger charge is 2.20. The fraction of sp³-hybridized carbons (Fsp3) is 0.105. The van der Waals surface area contributed by atoms with Crippen LogP contribution in [0.1, 0.15) is 21.6 Å². The van der Waals surface area contributed by atoms with Gasteiger partial charge in [-0.05, 0) is 19.1 Å². The van der Waals surface area contributed by atoms with E-state index in [0.29, 0.717) is 39.0 Å². The summed E-state index contributed by atoms with van der Waals surface area (Å²) in [6.07, 6.45) is 1.55. The number of aromatic nitrogens is 3. The van der Waals surface area contributed by atoms with E-state index in [0.717, 1.165) is 0 Å². The minimum Gasteiger partial charge on any atom is -0.366 e. The van der Waals surface area contributed by atoms with Crippen molar-refractivity contribution in [3.8, 4) is 22.2 Å². The smallest absolute Gasteiger partial charge is 0.250 e. The molecule has 0 aliphatic carbocycles. The topological polar surface area (TPSA) is 86.9 Å². The van der Waals surface area contributed by atoms with Crippen molar-refractivity contribution in [3.63, 3.8) is 0 Å². The zero-order valence-electron chi connectivity index (χ0n) is 14.3. The van der Waals surface area contributed by atoms with Gasteiger partial charge in [0.1, 0.15) is 5.82 Å². The Balaban J connectivity index is 1.81. The van der Waals surface area contributed by atoms with Crippen molar-refractivity contribution in [1.29, 1.82) is 0 Å². The van der Waals surface area contributed by atoms with Gasteiger partial charge in [0.15, 0.2) is 10.8 Å². The summed E-state index contributed by atoms with van der Waals surface area (Å²) in [5, 5.41) is 6.21. The van der Waals surface area contributed by atoms with Crippen molar-refractivity contribution < 1.29 is 13.7 Å². The zero-order chi connectivity index (χ0) is 19.0. The van der Waals surface area contributed by atoms with Gasteiger partial charge in [-0.3, -0.25) is 4.79 Å². The van der Waals surface area contributed by atoms with Crippen molar-refractivity contribution in [2.24, 2.45) is 5.73 Å². The largest absolute Gasteiger partial charge is 0.366 e. The molecule has 0 unspecified atom stereocenters. The summed E-state index contributed by atoms with van der Waals surface area (Å²) >= 11 is 1.40. The predicted octanol–water partition coefficient (Wildman–Crippen LogP) is 3.86. The Morgan fingerprint density at radius 3 is 2.85 bits per heavy atom. The molecule has 0 saturated heterocycles. The van der Waals surface area contributed by atoms with E-state index in [1.807, 2.05) is 9.95 Å². The van der Waals surface area contributed by atoms with Gasteiger partial charge in [-0.15, -0.1) is 11.3 Å². The zero-order valence-corrected chi connectivity index (χ0v) is 15.2. The first-order valence-electron chi connectivity index (χ1n) is 8.15. The predicted molar refractivity (Wildman–Crippen MR) is 99.8 cm³/mol. The minimum atomic E-state index is -0.535. The highest BCUT2D eigenvalue weighted by Crippen LogP contribution is 2.32. The normalized spacial score (nSPS) is 11.0. The number of halogens is 1. The molecule has 0 bridgehead atoms. The average molecular weight is 382 g/mol. The molecule has 3 heterocycles. The molecule has 3 aromatic heterocycles. The van der Waals surface area contributed by atoms with Crippen LogP contribution in [0, 0.1) is 12.7 Å². The number of nitrogens with two attached hydrogens (primary N) is 1. The van der Waals surface area contributed by atoms with Gasteiger partial charge in [-0.1, -0.05) is 23.4 Å². The first-order chi connectivity index (χ1) is 13.0. The van der Waals surface area contributed by atoms with Gasteiger partial charge < -0.3 is 14.8 Å². The van der Waals surface area contributed by atoms with Crippen molar-refractivity contribution in [1.82, 2.24) is 14.7 Å². The Morgan fingerprint density at radius 1 is 1.33 bits per heavy atom. The second-order valence-electron chi connectivity index (χ2n) is 5.99. The molecule has 1 aromatic carbocycles. The summed E-state index contributed by atoms with van der Waals surface area (Å²) in [7, 11) is 0. The molecule has 2 N–H and O–H groups in total. The third kappa shape index (κ3) is 3.15. The Labute approximate surface area is 158 Å². The third-order valence-corrected chi connectivity index (χ3v) is 5.19. The molecule has 8 heteroatoms. The number of benzene rings is 1. The first-order valence-corrected chi connectivity index (χ1v) is 9.03. The van der Waals surface area contributed by atoms with Crippen LogP contribution in [0.5, 0.6) is 0 Å². The highest BCUT2D eigenvalue weighted by atomic mass is 32.1. The number of hydrogen-bond donors (Lipinski definition) is 1. The SMILES string of the molecule is Cc1c(C(N)=O)cc(-c2csc(-c3ccno3)n2)n1Cc1ccccc1F. The van der Waals surface area contributed by atoms with Crippen LogP contribution in [0.4, 0.5) is 4.39 Å². The van der Waals surface area contributed by atoms with Crippen LogP contribution in [0.2, 0.25) is 0 Å². The molecule has 0 aliphatic rings. The van der Waals surface area contributed by atoms with Gasteiger partial charge in [0, 0.05) is 22.7 Å². The van der Waals surface area contributed by atoms with E-state index in [-0.39, 0.29) is 12.4 Å². The maximum atomic E-state index is 14.2. The molecule has 1 amide bonds. The standard InChI is InChI=1S/C19H15FN4O2S/c1-11-13(18(21)25)8-16(24(11)9-12-4-2-3-5-14(12)20)15-10-27-19(23-15)17-6-7-22-26-17/h2-8,10H,9H2,1H3,(H2,21,25). The Morgan fingerprint density at radius 2 is 2.15 bits per heavy atom. The molecule has 0 saturated carbocycles. The van der Waals surface area contributed by atoms with Gasteiger partial charge in [0.05, 0.1) is 29.7 Å². The maximum absolute atomic E-state index is 14.2. The molecule has 4 aromatic rings. The Hall–Kier alpha value is -3.26. The molecule has 27 heavy (non-hydrogen) atoms. The third-order valence-electron chi connectivity index (χ3n) is 4.33. The lowest BCUT2D eigenvalue weighted by Crippen LogP contribution is -2.13. The number of thiazole rings is 1. The van der Waals surface area contributed by atoms with E-state index in [1.165, 1.54) is 17.4 Å². The molecular formula is C19H15FN4O2S. The summed E-state index contributed by atoms with van der Waals surface area (Å²) in [6.45, 7) is 2.05. The van der Waals surface area contributed by atoms with Crippen molar-refractivity contribution in [2.45, 2.75) is 13.5 Å². The molecule has 0 fully saturated rings. The molecule has 0 radical (unpaired) electrons. The molecule has 6 nitrogen and oxygen atoms in total. The lowest BCUT2D eigenvalue weighted by molar-refractivity contribution is 0.0999. The lowest BCUT2D eigenvalue weighted by Gasteiger charge is -2.11. The fourth-order valence-electron chi connectivity index (χ4n) is 2.94. The molecular weight excluding hydrogens is 367 g/mol. The lowest BCUT2D eigenvalue weighted by atomic mass is 10.2. The minimum absolute atomic E-state index is 0.260. The van der Waals surface area contributed by atoms with Gasteiger partial charge in [0.2, 0.25) is 0 Å². The monoisotopic (exact) mass is 382 g/mol. The van der Waals surface area contributed by atoms with Crippen molar-refractivity contribution in [2.75, 3.05) is 0 Å². The Kier molecular flexibility index (Phi) is 4.33. The molecule has 136 valence electrons. The number of carbonyl (C=O) groups is 1.